The monoisotopic (exact) mass is 323 g/mol. The van der Waals surface area contributed by atoms with Crippen LogP contribution in [-0.4, -0.2) is 50.3 Å². The number of hydrogen-bond donors (Lipinski definition) is 2. The first kappa shape index (κ1) is 16.8. The van der Waals surface area contributed by atoms with Gasteiger partial charge in [-0.15, -0.1) is 0 Å². The van der Waals surface area contributed by atoms with Crippen molar-refractivity contribution in [2.45, 2.75) is 6.42 Å². The van der Waals surface area contributed by atoms with Gasteiger partial charge in [0.15, 0.2) is 0 Å². The van der Waals surface area contributed by atoms with Crippen LogP contribution in [-0.2, 0) is 4.74 Å². The van der Waals surface area contributed by atoms with Gasteiger partial charge in [0.1, 0.15) is 0 Å². The number of amides is 2. The zero-order valence-electron chi connectivity index (χ0n) is 12.6. The number of benzene rings is 1. The van der Waals surface area contributed by atoms with E-state index in [4.69, 9.17) is 16.3 Å². The fourth-order valence-corrected chi connectivity index (χ4v) is 2.40. The molecule has 1 aliphatic rings. The fraction of sp³-hybridized carbons (Fsp3) is 0.438. The summed E-state index contributed by atoms with van der Waals surface area (Å²) in [5, 5.41) is 6.19. The molecule has 6 heteroatoms. The molecule has 120 valence electrons. The Balaban J connectivity index is 1.57. The van der Waals surface area contributed by atoms with Crippen LogP contribution in [0.15, 0.2) is 30.5 Å². The Hall–Kier alpha value is -1.56. The normalized spacial score (nSPS) is 15.9. The Kier molecular flexibility index (Phi) is 7.22. The molecule has 0 unspecified atom stereocenters. The van der Waals surface area contributed by atoms with Crippen LogP contribution in [0.2, 0.25) is 5.02 Å². The van der Waals surface area contributed by atoms with Crippen molar-refractivity contribution in [3.8, 4) is 0 Å². The van der Waals surface area contributed by atoms with E-state index in [9.17, 15) is 4.79 Å². The molecule has 0 aliphatic carbocycles. The predicted octanol–water partition coefficient (Wildman–Crippen LogP) is 2.33. The van der Waals surface area contributed by atoms with Crippen molar-refractivity contribution in [2.75, 3.05) is 39.4 Å². The molecule has 22 heavy (non-hydrogen) atoms. The van der Waals surface area contributed by atoms with E-state index in [1.165, 1.54) is 0 Å². The molecule has 1 aromatic carbocycles. The number of morpholine rings is 1. The minimum absolute atomic E-state index is 0.194. The maximum absolute atomic E-state index is 11.6. The minimum atomic E-state index is -0.194. The van der Waals surface area contributed by atoms with Crippen LogP contribution in [0.5, 0.6) is 0 Å². The Morgan fingerprint density at radius 2 is 2.18 bits per heavy atom. The summed E-state index contributed by atoms with van der Waals surface area (Å²) in [6, 6.07) is 7.24. The molecule has 5 nitrogen and oxygen atoms in total. The van der Waals surface area contributed by atoms with Gasteiger partial charge < -0.3 is 15.4 Å². The summed E-state index contributed by atoms with van der Waals surface area (Å²) < 4.78 is 5.30. The maximum atomic E-state index is 11.6. The molecule has 2 amide bonds. The third-order valence-corrected chi connectivity index (χ3v) is 3.61. The summed E-state index contributed by atoms with van der Waals surface area (Å²) in [4.78, 5) is 14.0. The highest BCUT2D eigenvalue weighted by atomic mass is 35.5. The van der Waals surface area contributed by atoms with Crippen LogP contribution in [0.3, 0.4) is 0 Å². The van der Waals surface area contributed by atoms with Crippen molar-refractivity contribution in [1.82, 2.24) is 15.5 Å². The predicted molar refractivity (Wildman–Crippen MR) is 88.9 cm³/mol. The molecule has 1 aliphatic heterocycles. The van der Waals surface area contributed by atoms with E-state index in [1.807, 2.05) is 24.3 Å². The number of nitrogens with one attached hydrogen (secondary N) is 2. The van der Waals surface area contributed by atoms with Gasteiger partial charge in [0, 0.05) is 30.9 Å². The first-order valence-electron chi connectivity index (χ1n) is 7.50. The van der Waals surface area contributed by atoms with Crippen molar-refractivity contribution in [3.63, 3.8) is 0 Å². The smallest absolute Gasteiger partial charge is 0.318 e. The highest BCUT2D eigenvalue weighted by molar-refractivity contribution is 6.30. The van der Waals surface area contributed by atoms with Crippen molar-refractivity contribution in [1.29, 1.82) is 0 Å². The molecule has 0 aromatic heterocycles. The lowest BCUT2D eigenvalue weighted by molar-refractivity contribution is 0.0375. The number of rotatable bonds is 6. The van der Waals surface area contributed by atoms with Crippen LogP contribution in [0.4, 0.5) is 4.79 Å². The molecule has 0 bridgehead atoms. The summed E-state index contributed by atoms with van der Waals surface area (Å²) >= 11 is 5.89. The Labute approximate surface area is 136 Å². The zero-order chi connectivity index (χ0) is 15.6. The fourth-order valence-electron chi connectivity index (χ4n) is 2.20. The van der Waals surface area contributed by atoms with Gasteiger partial charge >= 0.3 is 6.03 Å². The zero-order valence-corrected chi connectivity index (χ0v) is 13.3. The molecule has 1 fully saturated rings. The summed E-state index contributed by atoms with van der Waals surface area (Å²) in [7, 11) is 0. The maximum Gasteiger partial charge on any atom is 0.318 e. The van der Waals surface area contributed by atoms with Crippen LogP contribution in [0.1, 0.15) is 12.0 Å². The highest BCUT2D eigenvalue weighted by Gasteiger charge is 2.09. The molecule has 0 saturated carbocycles. The van der Waals surface area contributed by atoms with E-state index < -0.39 is 0 Å². The number of hydrogen-bond acceptors (Lipinski definition) is 3. The number of urea groups is 1. The van der Waals surface area contributed by atoms with E-state index in [-0.39, 0.29) is 6.03 Å². The molecule has 0 radical (unpaired) electrons. The standard InChI is InChI=1S/C16H22ClN3O2/c17-15-4-1-3-14(13-15)5-7-19-16(21)18-6-2-8-20-9-11-22-12-10-20/h1,3-5,7,13H,2,6,8-12H2,(H2,18,19,21)/b7-5+. The average Bonchev–Trinajstić information content (AvgIpc) is 2.53. The second-order valence-corrected chi connectivity index (χ2v) is 5.53. The third kappa shape index (κ3) is 6.47. The van der Waals surface area contributed by atoms with Crippen molar-refractivity contribution < 1.29 is 9.53 Å². The molecular weight excluding hydrogens is 302 g/mol. The average molecular weight is 324 g/mol. The Bertz CT molecular complexity index is 502. The van der Waals surface area contributed by atoms with Crippen LogP contribution < -0.4 is 10.6 Å². The first-order valence-corrected chi connectivity index (χ1v) is 7.88. The number of ether oxygens (including phenoxy) is 1. The molecule has 1 heterocycles. The van der Waals surface area contributed by atoms with E-state index in [2.05, 4.69) is 15.5 Å². The second-order valence-electron chi connectivity index (χ2n) is 5.10. The Morgan fingerprint density at radius 3 is 2.95 bits per heavy atom. The van der Waals surface area contributed by atoms with E-state index >= 15 is 0 Å². The van der Waals surface area contributed by atoms with Crippen LogP contribution in [0, 0.1) is 0 Å². The van der Waals surface area contributed by atoms with Gasteiger partial charge in [-0.25, -0.2) is 4.79 Å². The van der Waals surface area contributed by atoms with Gasteiger partial charge in [-0.3, -0.25) is 4.90 Å². The largest absolute Gasteiger partial charge is 0.379 e. The van der Waals surface area contributed by atoms with Crippen molar-refractivity contribution in [3.05, 3.63) is 41.1 Å². The molecular formula is C16H22ClN3O2. The third-order valence-electron chi connectivity index (χ3n) is 3.38. The molecule has 2 rings (SSSR count). The number of carbonyl (C=O) groups is 1. The molecule has 0 spiro atoms. The first-order chi connectivity index (χ1) is 10.7. The summed E-state index contributed by atoms with van der Waals surface area (Å²) in [6.45, 7) is 5.23. The van der Waals surface area contributed by atoms with Crippen LogP contribution >= 0.6 is 11.6 Å². The van der Waals surface area contributed by atoms with Crippen LogP contribution in [0.25, 0.3) is 6.08 Å². The lowest BCUT2D eigenvalue weighted by atomic mass is 10.2. The molecule has 0 atom stereocenters. The number of nitrogens with zero attached hydrogens (tertiary/aromatic N) is 1. The van der Waals surface area contributed by atoms with Gasteiger partial charge in [0.05, 0.1) is 13.2 Å². The molecule has 1 saturated heterocycles. The van der Waals surface area contributed by atoms with Gasteiger partial charge in [-0.1, -0.05) is 23.7 Å². The number of halogens is 1. The van der Waals surface area contributed by atoms with E-state index in [1.54, 1.807) is 12.3 Å². The topological polar surface area (TPSA) is 53.6 Å². The molecule has 1 aromatic rings. The SMILES string of the molecule is O=C(N/C=C/c1cccc(Cl)c1)NCCCN1CCOCC1. The lowest BCUT2D eigenvalue weighted by Crippen LogP contribution is -2.39. The quantitative estimate of drug-likeness (QED) is 0.790. The minimum Gasteiger partial charge on any atom is -0.379 e. The Morgan fingerprint density at radius 1 is 1.36 bits per heavy atom. The summed E-state index contributed by atoms with van der Waals surface area (Å²) in [6.07, 6.45) is 4.35. The van der Waals surface area contributed by atoms with Crippen molar-refractivity contribution in [2.24, 2.45) is 0 Å². The van der Waals surface area contributed by atoms with Gasteiger partial charge in [0.2, 0.25) is 0 Å². The second kappa shape index (κ2) is 9.46. The van der Waals surface area contributed by atoms with Gasteiger partial charge in [-0.05, 0) is 36.7 Å². The van der Waals surface area contributed by atoms with Gasteiger partial charge in [0.25, 0.3) is 0 Å². The summed E-state index contributed by atoms with van der Waals surface area (Å²) in [5.74, 6) is 0. The van der Waals surface area contributed by atoms with E-state index in [0.717, 1.165) is 44.8 Å². The summed E-state index contributed by atoms with van der Waals surface area (Å²) in [5.41, 5.74) is 0.945. The number of carbonyl (C=O) groups excluding carboxylic acids is 1. The van der Waals surface area contributed by atoms with E-state index in [0.29, 0.717) is 11.6 Å². The van der Waals surface area contributed by atoms with Crippen molar-refractivity contribution >= 4 is 23.7 Å². The highest BCUT2D eigenvalue weighted by Crippen LogP contribution is 2.11. The lowest BCUT2D eigenvalue weighted by Gasteiger charge is -2.26. The van der Waals surface area contributed by atoms with Gasteiger partial charge in [-0.2, -0.15) is 0 Å². The molecule has 2 N–H and O–H groups in total.